The first kappa shape index (κ1) is 21.5. The number of hydrogen-bond acceptors (Lipinski definition) is 6. The molecule has 0 spiro atoms. The predicted octanol–water partition coefficient (Wildman–Crippen LogP) is 5.04. The summed E-state index contributed by atoms with van der Waals surface area (Å²) in [7, 11) is 0. The maximum Gasteiger partial charge on any atom is 0.266 e. The highest BCUT2D eigenvalue weighted by Gasteiger charge is 2.18. The van der Waals surface area contributed by atoms with Crippen molar-refractivity contribution >= 4 is 45.2 Å². The molecule has 5 rings (SSSR count). The molecule has 166 valence electrons. The van der Waals surface area contributed by atoms with Crippen LogP contribution in [0.4, 0.5) is 5.69 Å². The van der Waals surface area contributed by atoms with Gasteiger partial charge in [-0.2, -0.15) is 5.26 Å². The molecule has 0 aliphatic heterocycles. The van der Waals surface area contributed by atoms with Crippen LogP contribution in [0.25, 0.3) is 27.6 Å². The van der Waals surface area contributed by atoms with Gasteiger partial charge in [0.05, 0.1) is 22.3 Å². The van der Waals surface area contributed by atoms with Crippen molar-refractivity contribution in [3.63, 3.8) is 0 Å². The van der Waals surface area contributed by atoms with Crippen molar-refractivity contribution in [2.45, 2.75) is 12.1 Å². The van der Waals surface area contributed by atoms with E-state index >= 15 is 0 Å². The number of nitrogens with zero attached hydrogens (tertiary/aromatic N) is 3. The van der Waals surface area contributed by atoms with Gasteiger partial charge in [0, 0.05) is 5.39 Å². The van der Waals surface area contributed by atoms with Gasteiger partial charge in [-0.15, -0.1) is 0 Å². The van der Waals surface area contributed by atoms with Gasteiger partial charge in [-0.1, -0.05) is 53.7 Å². The van der Waals surface area contributed by atoms with Crippen molar-refractivity contribution in [2.75, 3.05) is 11.1 Å². The van der Waals surface area contributed by atoms with E-state index in [9.17, 15) is 14.9 Å². The number of anilines is 1. The Balaban J connectivity index is 1.48. The SMILES string of the molecule is Cc1ccc(-n2c(SCC(=O)Nc3c(C#N)oc4ccccc34)nc3ccccc3c2=O)cc1. The number of carbonyl (C=O) groups excluding carboxylic acids is 1. The molecule has 0 unspecified atom stereocenters. The minimum atomic E-state index is -0.342. The summed E-state index contributed by atoms with van der Waals surface area (Å²) in [6.45, 7) is 1.97. The second kappa shape index (κ2) is 8.89. The fourth-order valence-corrected chi connectivity index (χ4v) is 4.50. The fraction of sp³-hybridized carbons (Fsp3) is 0.0769. The molecule has 0 radical (unpaired) electrons. The van der Waals surface area contributed by atoms with E-state index in [2.05, 4.69) is 10.3 Å². The molecule has 5 aromatic rings. The van der Waals surface area contributed by atoms with Crippen molar-refractivity contribution in [1.82, 2.24) is 9.55 Å². The van der Waals surface area contributed by atoms with Crippen molar-refractivity contribution < 1.29 is 9.21 Å². The highest BCUT2D eigenvalue weighted by Crippen LogP contribution is 2.30. The molecule has 2 heterocycles. The average Bonchev–Trinajstić information content (AvgIpc) is 3.21. The number of fused-ring (bicyclic) bond motifs is 2. The van der Waals surface area contributed by atoms with Gasteiger partial charge >= 0.3 is 0 Å². The third kappa shape index (κ3) is 3.93. The van der Waals surface area contributed by atoms with E-state index in [1.165, 1.54) is 4.57 Å². The Kier molecular flexibility index (Phi) is 5.62. The third-order valence-corrected chi connectivity index (χ3v) is 6.27. The number of amides is 1. The molecule has 0 saturated carbocycles. The summed E-state index contributed by atoms with van der Waals surface area (Å²) in [6.07, 6.45) is 0. The Morgan fingerprint density at radius 1 is 1.06 bits per heavy atom. The average molecular weight is 467 g/mol. The second-order valence-corrected chi connectivity index (χ2v) is 8.58. The molecule has 34 heavy (non-hydrogen) atoms. The summed E-state index contributed by atoms with van der Waals surface area (Å²) >= 11 is 1.15. The van der Waals surface area contributed by atoms with Gasteiger partial charge in [0.1, 0.15) is 17.3 Å². The summed E-state index contributed by atoms with van der Waals surface area (Å²) in [5.41, 5.74) is 2.96. The minimum Gasteiger partial charge on any atom is -0.443 e. The maximum absolute atomic E-state index is 13.3. The van der Waals surface area contributed by atoms with E-state index in [1.807, 2.05) is 49.4 Å². The molecule has 0 aliphatic carbocycles. The highest BCUT2D eigenvalue weighted by atomic mass is 32.2. The topological polar surface area (TPSA) is 101 Å². The van der Waals surface area contributed by atoms with Crippen LogP contribution in [0.15, 0.2) is 87.2 Å². The Bertz CT molecular complexity index is 1650. The summed E-state index contributed by atoms with van der Waals surface area (Å²) in [5, 5.41) is 13.7. The number of para-hydroxylation sites is 2. The lowest BCUT2D eigenvalue weighted by atomic mass is 10.2. The Hall–Kier alpha value is -4.35. The number of nitriles is 1. The van der Waals surface area contributed by atoms with Crippen LogP contribution in [-0.2, 0) is 4.79 Å². The van der Waals surface area contributed by atoms with Crippen molar-refractivity contribution in [1.29, 1.82) is 5.26 Å². The Labute approximate surface area is 198 Å². The molecule has 0 bridgehead atoms. The largest absolute Gasteiger partial charge is 0.443 e. The molecule has 3 aromatic carbocycles. The van der Waals surface area contributed by atoms with Gasteiger partial charge in [0.25, 0.3) is 5.56 Å². The number of thioether (sulfide) groups is 1. The number of carbonyl (C=O) groups is 1. The number of rotatable bonds is 5. The number of benzene rings is 3. The van der Waals surface area contributed by atoms with Crippen molar-refractivity contribution in [3.05, 3.63) is 94.5 Å². The summed E-state index contributed by atoms with van der Waals surface area (Å²) < 4.78 is 7.04. The van der Waals surface area contributed by atoms with Gasteiger partial charge in [0.2, 0.25) is 11.7 Å². The molecule has 7 nitrogen and oxygen atoms in total. The molecule has 0 fully saturated rings. The minimum absolute atomic E-state index is 0.0129. The van der Waals surface area contributed by atoms with Gasteiger partial charge in [-0.25, -0.2) is 4.98 Å². The Morgan fingerprint density at radius 2 is 1.76 bits per heavy atom. The predicted molar refractivity (Wildman–Crippen MR) is 132 cm³/mol. The van der Waals surface area contributed by atoms with Gasteiger partial charge in [-0.3, -0.25) is 14.2 Å². The van der Waals surface area contributed by atoms with Crippen LogP contribution in [0.2, 0.25) is 0 Å². The van der Waals surface area contributed by atoms with Gasteiger partial charge < -0.3 is 9.73 Å². The first-order valence-electron chi connectivity index (χ1n) is 10.5. The van der Waals surface area contributed by atoms with Crippen LogP contribution >= 0.6 is 11.8 Å². The van der Waals surface area contributed by atoms with Crippen molar-refractivity contribution in [2.24, 2.45) is 0 Å². The van der Waals surface area contributed by atoms with E-state index in [4.69, 9.17) is 4.42 Å². The lowest BCUT2D eigenvalue weighted by Crippen LogP contribution is -2.23. The lowest BCUT2D eigenvalue weighted by molar-refractivity contribution is -0.113. The smallest absolute Gasteiger partial charge is 0.266 e. The van der Waals surface area contributed by atoms with Crippen LogP contribution in [0, 0.1) is 18.3 Å². The monoisotopic (exact) mass is 466 g/mol. The first-order valence-corrected chi connectivity index (χ1v) is 11.5. The number of furan rings is 1. The van der Waals surface area contributed by atoms with Crippen LogP contribution in [0.1, 0.15) is 11.3 Å². The van der Waals surface area contributed by atoms with Crippen LogP contribution in [0.3, 0.4) is 0 Å². The summed E-state index contributed by atoms with van der Waals surface area (Å²) in [6, 6.07) is 23.8. The maximum atomic E-state index is 13.3. The zero-order valence-corrected chi connectivity index (χ0v) is 18.9. The molecule has 0 saturated heterocycles. The molecule has 1 N–H and O–H groups in total. The van der Waals surface area contributed by atoms with E-state index in [0.29, 0.717) is 38.4 Å². The van der Waals surface area contributed by atoms with E-state index < -0.39 is 0 Å². The molecule has 8 heteroatoms. The summed E-state index contributed by atoms with van der Waals surface area (Å²) in [4.78, 5) is 30.8. The molecule has 1 amide bonds. The number of aromatic nitrogens is 2. The normalized spacial score (nSPS) is 10.9. The molecule has 0 aliphatic rings. The quantitative estimate of drug-likeness (QED) is 0.288. The number of aryl methyl sites for hydroxylation is 1. The van der Waals surface area contributed by atoms with E-state index in [1.54, 1.807) is 36.4 Å². The van der Waals surface area contributed by atoms with E-state index in [-0.39, 0.29) is 23.0 Å². The molecular weight excluding hydrogens is 448 g/mol. The zero-order chi connectivity index (χ0) is 23.7. The van der Waals surface area contributed by atoms with Crippen LogP contribution in [-0.4, -0.2) is 21.2 Å². The highest BCUT2D eigenvalue weighted by molar-refractivity contribution is 7.99. The summed E-state index contributed by atoms with van der Waals surface area (Å²) in [5.74, 6) is -0.313. The Morgan fingerprint density at radius 3 is 2.53 bits per heavy atom. The molecule has 0 atom stereocenters. The van der Waals surface area contributed by atoms with Gasteiger partial charge in [-0.05, 0) is 43.3 Å². The lowest BCUT2D eigenvalue weighted by Gasteiger charge is -2.13. The second-order valence-electron chi connectivity index (χ2n) is 7.64. The third-order valence-electron chi connectivity index (χ3n) is 5.33. The zero-order valence-electron chi connectivity index (χ0n) is 18.1. The standard InChI is InChI=1S/C26H18N4O3S/c1-16-10-12-17(13-11-16)30-25(32)18-6-2-4-8-20(18)28-26(30)34-15-23(31)29-24-19-7-3-5-9-21(19)33-22(24)14-27/h2-13H,15H2,1H3,(H,29,31). The van der Waals surface area contributed by atoms with Gasteiger partial charge in [0.15, 0.2) is 5.16 Å². The van der Waals surface area contributed by atoms with E-state index in [0.717, 1.165) is 17.3 Å². The fourth-order valence-electron chi connectivity index (χ4n) is 3.68. The van der Waals surface area contributed by atoms with Crippen molar-refractivity contribution in [3.8, 4) is 11.8 Å². The number of nitrogens with one attached hydrogen (secondary N) is 1. The number of hydrogen-bond donors (Lipinski definition) is 1. The molecular formula is C26H18N4O3S. The first-order chi connectivity index (χ1) is 16.5. The molecule has 2 aromatic heterocycles. The van der Waals surface area contributed by atoms with Crippen LogP contribution in [0.5, 0.6) is 0 Å². The van der Waals surface area contributed by atoms with Crippen LogP contribution < -0.4 is 10.9 Å².